The van der Waals surface area contributed by atoms with Crippen LogP contribution in [0.4, 0.5) is 4.39 Å². The molecule has 1 atom stereocenters. The van der Waals surface area contributed by atoms with Crippen molar-refractivity contribution in [3.05, 3.63) is 36.7 Å². The second-order valence-electron chi connectivity index (χ2n) is 5.63. The van der Waals surface area contributed by atoms with Crippen LogP contribution in [0.3, 0.4) is 0 Å². The van der Waals surface area contributed by atoms with Crippen LogP contribution in [0.15, 0.2) is 36.7 Å². The Morgan fingerprint density at radius 1 is 1.53 bits per heavy atom. The van der Waals surface area contributed by atoms with E-state index in [1.54, 1.807) is 6.08 Å². The van der Waals surface area contributed by atoms with E-state index in [-0.39, 0.29) is 5.83 Å². The Morgan fingerprint density at radius 2 is 2.29 bits per heavy atom. The third-order valence-corrected chi connectivity index (χ3v) is 4.17. The van der Waals surface area contributed by atoms with Gasteiger partial charge in [-0.3, -0.25) is 0 Å². The average molecular weight is 235 g/mol. The van der Waals surface area contributed by atoms with Crippen molar-refractivity contribution in [2.45, 2.75) is 38.1 Å². The fraction of sp³-hybridized carbons (Fsp3) is 0.600. The van der Waals surface area contributed by atoms with Crippen LogP contribution < -0.4 is 5.32 Å². The van der Waals surface area contributed by atoms with Crippen LogP contribution in [0, 0.1) is 11.8 Å². The van der Waals surface area contributed by atoms with Gasteiger partial charge in [0.1, 0.15) is 5.83 Å². The molecule has 1 saturated carbocycles. The minimum absolute atomic E-state index is 0.268. The average Bonchev–Trinajstić information content (AvgIpc) is 2.29. The summed E-state index contributed by atoms with van der Waals surface area (Å²) in [5.74, 6) is 1.47. The predicted molar refractivity (Wildman–Crippen MR) is 70.4 cm³/mol. The third-order valence-electron chi connectivity index (χ3n) is 4.17. The van der Waals surface area contributed by atoms with Crippen molar-refractivity contribution in [1.82, 2.24) is 5.32 Å². The second-order valence-corrected chi connectivity index (χ2v) is 5.63. The highest BCUT2D eigenvalue weighted by Crippen LogP contribution is 2.47. The first-order valence-electron chi connectivity index (χ1n) is 6.53. The van der Waals surface area contributed by atoms with Gasteiger partial charge in [-0.25, -0.2) is 4.39 Å². The second kappa shape index (κ2) is 5.18. The summed E-state index contributed by atoms with van der Waals surface area (Å²) < 4.78 is 12.7. The highest BCUT2D eigenvalue weighted by atomic mass is 19.1. The molecule has 94 valence electrons. The molecule has 0 spiro atoms. The molecule has 2 bridgehead atoms. The normalized spacial score (nSPS) is 36.9. The van der Waals surface area contributed by atoms with Gasteiger partial charge in [0.25, 0.3) is 0 Å². The van der Waals surface area contributed by atoms with Crippen LogP contribution in [0.2, 0.25) is 0 Å². The number of rotatable bonds is 5. The first kappa shape index (κ1) is 12.6. The Bertz CT molecular complexity index is 331. The van der Waals surface area contributed by atoms with Crippen molar-refractivity contribution in [3.63, 3.8) is 0 Å². The molecule has 3 fully saturated rings. The van der Waals surface area contributed by atoms with Crippen molar-refractivity contribution >= 4 is 0 Å². The number of piperidine rings is 2. The lowest BCUT2D eigenvalue weighted by Gasteiger charge is -2.55. The van der Waals surface area contributed by atoms with E-state index in [0.717, 1.165) is 24.8 Å². The summed E-state index contributed by atoms with van der Waals surface area (Å²) in [4.78, 5) is 0. The number of fused-ring (bicyclic) bond motifs is 2. The fourth-order valence-electron chi connectivity index (χ4n) is 3.09. The molecule has 1 N–H and O–H groups in total. The van der Waals surface area contributed by atoms with Gasteiger partial charge in [0.2, 0.25) is 0 Å². The highest BCUT2D eigenvalue weighted by Gasteiger charge is 2.47. The van der Waals surface area contributed by atoms with Crippen LogP contribution in [-0.4, -0.2) is 12.1 Å². The Morgan fingerprint density at radius 3 is 2.88 bits per heavy atom. The summed E-state index contributed by atoms with van der Waals surface area (Å²) in [6.45, 7) is 6.85. The molecule has 0 aromatic heterocycles. The minimum atomic E-state index is -0.268. The van der Waals surface area contributed by atoms with Gasteiger partial charge in [-0.2, -0.15) is 0 Å². The van der Waals surface area contributed by atoms with Gasteiger partial charge in [-0.15, -0.1) is 0 Å². The van der Waals surface area contributed by atoms with Crippen LogP contribution in [0.25, 0.3) is 0 Å². The molecule has 2 aliphatic heterocycles. The largest absolute Gasteiger partial charge is 0.311 e. The Kier molecular flexibility index (Phi) is 3.82. The molecule has 1 nitrogen and oxygen atoms in total. The Labute approximate surface area is 103 Å². The lowest BCUT2D eigenvalue weighted by atomic mass is 9.60. The van der Waals surface area contributed by atoms with Gasteiger partial charge in [0.15, 0.2) is 0 Å². The molecule has 3 aliphatic rings. The van der Waals surface area contributed by atoms with Crippen LogP contribution >= 0.6 is 0 Å². The first-order valence-corrected chi connectivity index (χ1v) is 6.53. The summed E-state index contributed by atoms with van der Waals surface area (Å²) in [6.07, 6.45) is 11.5. The topological polar surface area (TPSA) is 12.0 Å². The summed E-state index contributed by atoms with van der Waals surface area (Å²) in [5.41, 5.74) is 0.451. The van der Waals surface area contributed by atoms with Gasteiger partial charge in [0.05, 0.1) is 0 Å². The maximum absolute atomic E-state index is 12.7. The maximum atomic E-state index is 12.7. The number of allylic oxidation sites excluding steroid dienone is 5. The number of hydrogen-bond donors (Lipinski definition) is 1. The van der Waals surface area contributed by atoms with Crippen molar-refractivity contribution in [2.75, 3.05) is 6.54 Å². The van der Waals surface area contributed by atoms with Crippen LogP contribution in [-0.2, 0) is 0 Å². The number of halogens is 1. The minimum Gasteiger partial charge on any atom is -0.311 e. The van der Waals surface area contributed by atoms with Gasteiger partial charge >= 0.3 is 0 Å². The molecular weight excluding hydrogens is 213 g/mol. The molecular formula is C15H22FN. The molecule has 17 heavy (non-hydrogen) atoms. The van der Waals surface area contributed by atoms with Gasteiger partial charge in [0, 0.05) is 5.54 Å². The quantitative estimate of drug-likeness (QED) is 0.716. The highest BCUT2D eigenvalue weighted by molar-refractivity contribution is 5.15. The smallest absolute Gasteiger partial charge is 0.122 e. The SMILES string of the molecule is C=C/C(F)=C\C=C/CCC1CNC2(C)CC1C2. The standard InChI is InChI=1S/C15H22FN/c1-3-14(16)8-6-4-5-7-12-11-17-15(2)9-13(12)10-15/h3-4,6,8,12-13,17H,1,5,7,9-11H2,2H3/b6-4-,14-8+. The molecule has 0 radical (unpaired) electrons. The first-order chi connectivity index (χ1) is 8.13. The van der Waals surface area contributed by atoms with E-state index in [1.807, 2.05) is 0 Å². The maximum Gasteiger partial charge on any atom is 0.122 e. The fourth-order valence-corrected chi connectivity index (χ4v) is 3.09. The van der Waals surface area contributed by atoms with Crippen molar-refractivity contribution < 1.29 is 4.39 Å². The van der Waals surface area contributed by atoms with Crippen LogP contribution in [0.5, 0.6) is 0 Å². The van der Waals surface area contributed by atoms with Crippen molar-refractivity contribution in [1.29, 1.82) is 0 Å². The molecule has 1 aliphatic carbocycles. The summed E-state index contributed by atoms with van der Waals surface area (Å²) in [7, 11) is 0. The van der Waals surface area contributed by atoms with E-state index >= 15 is 0 Å². The molecule has 2 saturated heterocycles. The van der Waals surface area contributed by atoms with E-state index < -0.39 is 0 Å². The number of hydrogen-bond acceptors (Lipinski definition) is 1. The molecule has 2 heterocycles. The van der Waals surface area contributed by atoms with E-state index in [9.17, 15) is 4.39 Å². The van der Waals surface area contributed by atoms with Gasteiger partial charge in [-0.05, 0) is 63.1 Å². The van der Waals surface area contributed by atoms with Crippen molar-refractivity contribution in [3.8, 4) is 0 Å². The predicted octanol–water partition coefficient (Wildman–Crippen LogP) is 3.75. The summed E-state index contributed by atoms with van der Waals surface area (Å²) >= 11 is 0. The zero-order valence-electron chi connectivity index (χ0n) is 10.6. The Balaban J connectivity index is 1.68. The van der Waals surface area contributed by atoms with Crippen LogP contribution in [0.1, 0.15) is 32.6 Å². The molecule has 1 unspecified atom stereocenters. The van der Waals surface area contributed by atoms with E-state index in [4.69, 9.17) is 0 Å². The van der Waals surface area contributed by atoms with E-state index in [1.165, 1.54) is 31.4 Å². The van der Waals surface area contributed by atoms with Gasteiger partial charge in [-0.1, -0.05) is 18.7 Å². The Hall–Kier alpha value is -0.890. The lowest BCUT2D eigenvalue weighted by molar-refractivity contribution is 0.0134. The molecule has 3 rings (SSSR count). The zero-order chi connectivity index (χ0) is 12.3. The molecule has 2 heteroatoms. The van der Waals surface area contributed by atoms with E-state index in [0.29, 0.717) is 5.54 Å². The number of nitrogens with one attached hydrogen (secondary N) is 1. The lowest BCUT2D eigenvalue weighted by Crippen LogP contribution is -2.62. The summed E-state index contributed by atoms with van der Waals surface area (Å²) in [6, 6.07) is 0. The third kappa shape index (κ3) is 3.06. The molecule has 0 aromatic carbocycles. The van der Waals surface area contributed by atoms with Gasteiger partial charge < -0.3 is 5.32 Å². The molecule has 0 aromatic rings. The summed E-state index contributed by atoms with van der Waals surface area (Å²) in [5, 5.41) is 3.63. The van der Waals surface area contributed by atoms with Crippen molar-refractivity contribution in [2.24, 2.45) is 11.8 Å². The zero-order valence-corrected chi connectivity index (χ0v) is 10.6. The monoisotopic (exact) mass is 235 g/mol. The van der Waals surface area contributed by atoms with E-state index in [2.05, 4.69) is 24.9 Å². The molecule has 0 amide bonds.